The van der Waals surface area contributed by atoms with Crippen LogP contribution in [-0.2, 0) is 32.6 Å². The van der Waals surface area contributed by atoms with E-state index in [9.17, 15) is 18.0 Å². The third-order valence-electron chi connectivity index (χ3n) is 6.81. The molecule has 0 bridgehead atoms. The van der Waals surface area contributed by atoms with Crippen molar-refractivity contribution in [1.29, 1.82) is 0 Å². The summed E-state index contributed by atoms with van der Waals surface area (Å²) in [4.78, 5) is 28.7. The molecule has 7 nitrogen and oxygen atoms in total. The second-order valence-corrected chi connectivity index (χ2v) is 12.2. The van der Waals surface area contributed by atoms with Gasteiger partial charge in [0.25, 0.3) is 10.0 Å². The molecule has 0 unspecified atom stereocenters. The van der Waals surface area contributed by atoms with Gasteiger partial charge in [0, 0.05) is 28.2 Å². The number of nitrogens with one attached hydrogen (secondary N) is 1. The Morgan fingerprint density at radius 2 is 1.48 bits per heavy atom. The first kappa shape index (κ1) is 31.5. The average molecular weight is 605 g/mol. The molecule has 214 valence electrons. The van der Waals surface area contributed by atoms with Crippen molar-refractivity contribution in [2.24, 2.45) is 0 Å². The highest BCUT2D eigenvalue weighted by Gasteiger charge is 2.34. The van der Waals surface area contributed by atoms with Gasteiger partial charge >= 0.3 is 0 Å². The van der Waals surface area contributed by atoms with Crippen LogP contribution in [0.1, 0.15) is 45.2 Å². The fourth-order valence-electron chi connectivity index (χ4n) is 4.19. The fourth-order valence-corrected chi connectivity index (χ4v) is 6.18. The molecule has 0 saturated heterocycles. The van der Waals surface area contributed by atoms with Gasteiger partial charge in [0.2, 0.25) is 11.8 Å². The number of rotatable bonds is 12. The third-order valence-corrected chi connectivity index (χ3v) is 9.29. The van der Waals surface area contributed by atoms with Crippen LogP contribution in [0.25, 0.3) is 0 Å². The summed E-state index contributed by atoms with van der Waals surface area (Å²) in [6, 6.07) is 19.0. The van der Waals surface area contributed by atoms with Crippen LogP contribution in [0.3, 0.4) is 0 Å². The van der Waals surface area contributed by atoms with Gasteiger partial charge in [-0.3, -0.25) is 13.9 Å². The lowest BCUT2D eigenvalue weighted by atomic mass is 10.1. The van der Waals surface area contributed by atoms with Crippen molar-refractivity contribution in [3.05, 3.63) is 94.0 Å². The molecule has 40 heavy (non-hydrogen) atoms. The lowest BCUT2D eigenvalue weighted by molar-refractivity contribution is -0.139. The van der Waals surface area contributed by atoms with E-state index in [-0.39, 0.29) is 23.4 Å². The summed E-state index contributed by atoms with van der Waals surface area (Å²) in [5.41, 5.74) is 1.63. The minimum absolute atomic E-state index is 0.0527. The first-order valence-corrected chi connectivity index (χ1v) is 15.4. The molecule has 0 aliphatic heterocycles. The van der Waals surface area contributed by atoms with Crippen LogP contribution in [0.2, 0.25) is 10.0 Å². The van der Waals surface area contributed by atoms with Gasteiger partial charge in [0.05, 0.1) is 10.6 Å². The number of halogens is 2. The van der Waals surface area contributed by atoms with Crippen LogP contribution >= 0.6 is 23.2 Å². The maximum absolute atomic E-state index is 14.1. The molecule has 3 aromatic carbocycles. The molecule has 2 amide bonds. The minimum atomic E-state index is -4.14. The number of nitrogens with zero attached hydrogens (tertiary/aromatic N) is 2. The molecule has 0 fully saturated rings. The van der Waals surface area contributed by atoms with Crippen molar-refractivity contribution in [3.63, 3.8) is 0 Å². The maximum atomic E-state index is 14.1. The first-order chi connectivity index (χ1) is 19.0. The van der Waals surface area contributed by atoms with E-state index >= 15 is 0 Å². The van der Waals surface area contributed by atoms with E-state index in [0.717, 1.165) is 9.87 Å². The molecule has 3 aromatic rings. The van der Waals surface area contributed by atoms with E-state index in [0.29, 0.717) is 34.1 Å². The van der Waals surface area contributed by atoms with Gasteiger partial charge < -0.3 is 10.2 Å². The van der Waals surface area contributed by atoms with Gasteiger partial charge in [-0.05, 0) is 62.6 Å². The first-order valence-electron chi connectivity index (χ1n) is 13.2. The summed E-state index contributed by atoms with van der Waals surface area (Å²) in [6.07, 6.45) is 1.26. The van der Waals surface area contributed by atoms with E-state index in [4.69, 9.17) is 23.2 Å². The van der Waals surface area contributed by atoms with Crippen LogP contribution < -0.4 is 9.62 Å². The van der Waals surface area contributed by atoms with Crippen LogP contribution in [0.4, 0.5) is 5.69 Å². The van der Waals surface area contributed by atoms with Crippen molar-refractivity contribution in [3.8, 4) is 0 Å². The van der Waals surface area contributed by atoms with Gasteiger partial charge in [-0.25, -0.2) is 8.42 Å². The van der Waals surface area contributed by atoms with E-state index in [1.807, 2.05) is 32.9 Å². The molecule has 3 rings (SSSR count). The second kappa shape index (κ2) is 14.0. The fraction of sp³-hybridized carbons (Fsp3) is 0.333. The lowest BCUT2D eigenvalue weighted by Crippen LogP contribution is -2.52. The molecule has 0 radical (unpaired) electrons. The molecule has 1 N–H and O–H groups in total. The molecular formula is C30H35Cl2N3O4S. The molecule has 0 aromatic heterocycles. The number of carbonyl (C=O) groups is 2. The van der Waals surface area contributed by atoms with Crippen molar-refractivity contribution in [2.75, 3.05) is 10.8 Å². The van der Waals surface area contributed by atoms with Crippen molar-refractivity contribution >= 4 is 50.7 Å². The zero-order chi connectivity index (χ0) is 29.4. The number of hydrogen-bond acceptors (Lipinski definition) is 4. The van der Waals surface area contributed by atoms with Crippen molar-refractivity contribution in [1.82, 2.24) is 10.2 Å². The average Bonchev–Trinajstić information content (AvgIpc) is 2.95. The number of carbonyl (C=O) groups excluding carboxylic acids is 2. The monoisotopic (exact) mass is 603 g/mol. The Hall–Kier alpha value is -3.07. The number of sulfonamides is 1. The largest absolute Gasteiger partial charge is 0.352 e. The smallest absolute Gasteiger partial charge is 0.264 e. The number of amides is 2. The zero-order valence-corrected chi connectivity index (χ0v) is 25.4. The summed E-state index contributed by atoms with van der Waals surface area (Å²) in [5, 5.41) is 3.58. The Bertz CT molecular complexity index is 1410. The van der Waals surface area contributed by atoms with Gasteiger partial charge in [0.1, 0.15) is 12.6 Å². The Kier molecular flexibility index (Phi) is 11.0. The standard InChI is InChI=1S/C30H35Cl2N3O4S/c1-5-21(3)33-30(37)22(4)34(19-25-26(31)16-12-17-27(25)32)29(36)20-35(28-18-11-10-13-23(28)6-2)40(38,39)24-14-8-7-9-15-24/h7-18,21-22H,5-6,19-20H2,1-4H3,(H,33,37)/t21-,22-/m0/s1. The van der Waals surface area contributed by atoms with Crippen molar-refractivity contribution < 1.29 is 18.0 Å². The topological polar surface area (TPSA) is 86.8 Å². The third kappa shape index (κ3) is 7.36. The summed E-state index contributed by atoms with van der Waals surface area (Å²) in [6.45, 7) is 6.73. The number of benzene rings is 3. The molecular weight excluding hydrogens is 569 g/mol. The zero-order valence-electron chi connectivity index (χ0n) is 23.1. The predicted octanol–water partition coefficient (Wildman–Crippen LogP) is 6.08. The Morgan fingerprint density at radius 1 is 0.875 bits per heavy atom. The van der Waals surface area contributed by atoms with Gasteiger partial charge in [-0.15, -0.1) is 0 Å². The number of aryl methyl sites for hydroxylation is 1. The number of anilines is 1. The number of hydrogen-bond donors (Lipinski definition) is 1. The molecule has 0 saturated carbocycles. The molecule has 0 aliphatic rings. The lowest BCUT2D eigenvalue weighted by Gasteiger charge is -2.33. The molecule has 0 spiro atoms. The predicted molar refractivity (Wildman–Crippen MR) is 161 cm³/mol. The summed E-state index contributed by atoms with van der Waals surface area (Å²) < 4.78 is 29.0. The van der Waals surface area contributed by atoms with Crippen LogP contribution in [0.15, 0.2) is 77.7 Å². The van der Waals surface area contributed by atoms with Gasteiger partial charge in [-0.2, -0.15) is 0 Å². The van der Waals surface area contributed by atoms with Crippen LogP contribution in [0, 0.1) is 0 Å². The van der Waals surface area contributed by atoms with E-state index in [1.54, 1.807) is 55.5 Å². The Balaban J connectivity index is 2.09. The molecule has 0 aliphatic carbocycles. The highest BCUT2D eigenvalue weighted by atomic mass is 35.5. The Morgan fingerprint density at radius 3 is 2.08 bits per heavy atom. The summed E-state index contributed by atoms with van der Waals surface area (Å²) >= 11 is 12.9. The van der Waals surface area contributed by atoms with Gasteiger partial charge in [-0.1, -0.05) is 79.5 Å². The van der Waals surface area contributed by atoms with Crippen LogP contribution in [-0.4, -0.2) is 43.8 Å². The van der Waals surface area contributed by atoms with Crippen LogP contribution in [0.5, 0.6) is 0 Å². The van der Waals surface area contributed by atoms with E-state index in [2.05, 4.69) is 5.32 Å². The molecule has 10 heteroatoms. The highest BCUT2D eigenvalue weighted by molar-refractivity contribution is 7.92. The minimum Gasteiger partial charge on any atom is -0.352 e. The Labute approximate surface area is 247 Å². The molecule has 2 atom stereocenters. The SMILES string of the molecule is CCc1ccccc1N(CC(=O)N(Cc1c(Cl)cccc1Cl)[C@@H](C)C(=O)N[C@@H](C)CC)S(=O)(=O)c1ccccc1. The van der Waals surface area contributed by atoms with E-state index in [1.165, 1.54) is 17.0 Å². The van der Waals surface area contributed by atoms with Gasteiger partial charge in [0.15, 0.2) is 0 Å². The second-order valence-electron chi connectivity index (χ2n) is 9.52. The maximum Gasteiger partial charge on any atom is 0.264 e. The van der Waals surface area contributed by atoms with E-state index < -0.39 is 28.5 Å². The number of para-hydroxylation sites is 1. The quantitative estimate of drug-likeness (QED) is 0.272. The summed E-state index contributed by atoms with van der Waals surface area (Å²) in [5.74, 6) is -0.939. The summed E-state index contributed by atoms with van der Waals surface area (Å²) in [7, 11) is -4.14. The normalized spacial score (nSPS) is 12.8. The van der Waals surface area contributed by atoms with Crippen molar-refractivity contribution in [2.45, 2.75) is 64.1 Å². The highest BCUT2D eigenvalue weighted by Crippen LogP contribution is 2.30. The molecule has 0 heterocycles.